The lowest BCUT2D eigenvalue weighted by Crippen LogP contribution is -2.51. The largest absolute Gasteiger partial charge is 0.379 e. The van der Waals surface area contributed by atoms with Crippen molar-refractivity contribution in [2.45, 2.75) is 25.0 Å². The van der Waals surface area contributed by atoms with Gasteiger partial charge < -0.3 is 8.92 Å². The van der Waals surface area contributed by atoms with Gasteiger partial charge in [-0.3, -0.25) is 4.90 Å². The van der Waals surface area contributed by atoms with Crippen molar-refractivity contribution < 1.29 is 8.92 Å². The third-order valence-corrected chi connectivity index (χ3v) is 3.77. The second kappa shape index (κ2) is 5.16. The normalized spacial score (nSPS) is 35.8. The van der Waals surface area contributed by atoms with Crippen LogP contribution in [0.15, 0.2) is 0 Å². The Morgan fingerprint density at radius 1 is 1.31 bits per heavy atom. The summed E-state index contributed by atoms with van der Waals surface area (Å²) in [4.78, 5) is 2.53. The van der Waals surface area contributed by atoms with Crippen LogP contribution >= 0.6 is 30.4 Å². The fraction of sp³-hybridized carbons (Fsp3) is 1.00. The summed E-state index contributed by atoms with van der Waals surface area (Å²) in [6.45, 7) is 4.02. The van der Waals surface area contributed by atoms with Crippen LogP contribution in [0.5, 0.6) is 0 Å². The van der Waals surface area contributed by atoms with Crippen LogP contribution in [0.3, 0.4) is 0 Å². The number of rotatable bonds is 3. The molecule has 76 valence electrons. The van der Waals surface area contributed by atoms with E-state index in [1.54, 1.807) is 0 Å². The van der Waals surface area contributed by atoms with Gasteiger partial charge in [0.05, 0.1) is 28.5 Å². The topological polar surface area (TPSA) is 21.7 Å². The number of hydrogen-bond acceptors (Lipinski definition) is 4. The predicted octanol–water partition coefficient (Wildman–Crippen LogP) is 1.86. The quantitative estimate of drug-likeness (QED) is 0.585. The number of morpholine rings is 1. The standard InChI is InChI=1S/C8H14INO2S/c9-13-12-8-5-7(6-8)10-1-3-11-4-2-10/h7-8H,1-6H2. The first kappa shape index (κ1) is 10.5. The summed E-state index contributed by atoms with van der Waals surface area (Å²) in [6, 6.07) is 0.762. The molecule has 1 aliphatic carbocycles. The lowest BCUT2D eigenvalue weighted by molar-refractivity contribution is -0.0324. The molecule has 2 aliphatic rings. The van der Waals surface area contributed by atoms with Gasteiger partial charge in [0, 0.05) is 40.3 Å². The highest BCUT2D eigenvalue weighted by molar-refractivity contribution is 14.2. The van der Waals surface area contributed by atoms with Crippen molar-refractivity contribution in [2.75, 3.05) is 26.3 Å². The van der Waals surface area contributed by atoms with Gasteiger partial charge in [0.2, 0.25) is 0 Å². The van der Waals surface area contributed by atoms with Gasteiger partial charge in [-0.2, -0.15) is 0 Å². The lowest BCUT2D eigenvalue weighted by atomic mass is 9.88. The van der Waals surface area contributed by atoms with Gasteiger partial charge in [0.25, 0.3) is 0 Å². The summed E-state index contributed by atoms with van der Waals surface area (Å²) in [5, 5.41) is 0. The van der Waals surface area contributed by atoms with E-state index in [4.69, 9.17) is 8.92 Å². The number of halogens is 1. The average Bonchev–Trinajstić information content (AvgIpc) is 2.12. The van der Waals surface area contributed by atoms with Crippen LogP contribution in [0.4, 0.5) is 0 Å². The molecule has 0 aromatic carbocycles. The lowest BCUT2D eigenvalue weighted by Gasteiger charge is -2.43. The minimum atomic E-state index is 0.495. The maximum Gasteiger partial charge on any atom is 0.0761 e. The van der Waals surface area contributed by atoms with E-state index in [2.05, 4.69) is 26.1 Å². The first-order valence-electron chi connectivity index (χ1n) is 4.66. The van der Waals surface area contributed by atoms with Crippen LogP contribution < -0.4 is 0 Å². The minimum Gasteiger partial charge on any atom is -0.379 e. The van der Waals surface area contributed by atoms with Gasteiger partial charge >= 0.3 is 0 Å². The van der Waals surface area contributed by atoms with Crippen molar-refractivity contribution in [1.82, 2.24) is 4.90 Å². The molecule has 5 heteroatoms. The third kappa shape index (κ3) is 2.71. The van der Waals surface area contributed by atoms with Crippen LogP contribution in [0.25, 0.3) is 0 Å². The van der Waals surface area contributed by atoms with Crippen LogP contribution in [-0.2, 0) is 8.92 Å². The molecule has 1 heterocycles. The summed E-state index contributed by atoms with van der Waals surface area (Å²) in [6.07, 6.45) is 2.90. The van der Waals surface area contributed by atoms with Crippen LogP contribution in [0.2, 0.25) is 0 Å². The molecule has 2 rings (SSSR count). The summed E-state index contributed by atoms with van der Waals surface area (Å²) in [7, 11) is 1.46. The summed E-state index contributed by atoms with van der Waals surface area (Å²) < 4.78 is 10.8. The van der Waals surface area contributed by atoms with Gasteiger partial charge in [-0.15, -0.1) is 0 Å². The second-order valence-electron chi connectivity index (χ2n) is 3.55. The van der Waals surface area contributed by atoms with E-state index in [-0.39, 0.29) is 0 Å². The molecule has 1 saturated heterocycles. The highest BCUT2D eigenvalue weighted by Gasteiger charge is 2.35. The van der Waals surface area contributed by atoms with Crippen molar-refractivity contribution in [1.29, 1.82) is 0 Å². The van der Waals surface area contributed by atoms with Gasteiger partial charge in [0.1, 0.15) is 0 Å². The highest BCUT2D eigenvalue weighted by Crippen LogP contribution is 2.32. The van der Waals surface area contributed by atoms with Crippen molar-refractivity contribution >= 4 is 30.4 Å². The Kier molecular flexibility index (Phi) is 4.16. The number of ether oxygens (including phenoxy) is 1. The zero-order valence-corrected chi connectivity index (χ0v) is 10.4. The predicted molar refractivity (Wildman–Crippen MR) is 61.9 cm³/mol. The minimum absolute atomic E-state index is 0.495. The third-order valence-electron chi connectivity index (χ3n) is 2.80. The van der Waals surface area contributed by atoms with Crippen molar-refractivity contribution in [3.05, 3.63) is 0 Å². The molecule has 1 saturated carbocycles. The van der Waals surface area contributed by atoms with Crippen molar-refractivity contribution in [3.8, 4) is 0 Å². The van der Waals surface area contributed by atoms with Gasteiger partial charge in [-0.25, -0.2) is 0 Å². The maximum atomic E-state index is 5.44. The molecule has 0 aromatic rings. The highest BCUT2D eigenvalue weighted by atomic mass is 127. The Hall–Kier alpha value is 0.960. The molecule has 0 atom stereocenters. The summed E-state index contributed by atoms with van der Waals surface area (Å²) in [5.41, 5.74) is 0. The monoisotopic (exact) mass is 315 g/mol. The Morgan fingerprint density at radius 3 is 2.62 bits per heavy atom. The Bertz CT molecular complexity index is 160. The van der Waals surface area contributed by atoms with E-state index < -0.39 is 0 Å². The molecule has 0 N–H and O–H groups in total. The number of nitrogens with zero attached hydrogens (tertiary/aromatic N) is 1. The fourth-order valence-electron chi connectivity index (χ4n) is 1.91. The Balaban J connectivity index is 1.66. The molecule has 1 aliphatic heterocycles. The molecule has 13 heavy (non-hydrogen) atoms. The van der Waals surface area contributed by atoms with Crippen LogP contribution in [0.1, 0.15) is 12.8 Å². The molecule has 0 radical (unpaired) electrons. The molecule has 0 aromatic heterocycles. The van der Waals surface area contributed by atoms with E-state index in [0.29, 0.717) is 6.10 Å². The second-order valence-corrected chi connectivity index (χ2v) is 4.95. The first-order valence-corrected chi connectivity index (χ1v) is 7.94. The zero-order chi connectivity index (χ0) is 9.10. The molecule has 0 bridgehead atoms. The van der Waals surface area contributed by atoms with E-state index >= 15 is 0 Å². The summed E-state index contributed by atoms with van der Waals surface area (Å²) >= 11 is 2.18. The molecular formula is C8H14INO2S. The first-order chi connectivity index (χ1) is 6.40. The van der Waals surface area contributed by atoms with Crippen molar-refractivity contribution in [2.24, 2.45) is 0 Å². The fourth-order valence-corrected chi connectivity index (χ4v) is 3.05. The average molecular weight is 315 g/mol. The molecular weight excluding hydrogens is 301 g/mol. The Labute approximate surface area is 95.3 Å². The summed E-state index contributed by atoms with van der Waals surface area (Å²) in [5.74, 6) is 0. The maximum absolute atomic E-state index is 5.44. The van der Waals surface area contributed by atoms with Gasteiger partial charge in [-0.1, -0.05) is 0 Å². The molecule has 3 nitrogen and oxygen atoms in total. The van der Waals surface area contributed by atoms with E-state index in [1.807, 2.05) is 0 Å². The molecule has 0 unspecified atom stereocenters. The van der Waals surface area contributed by atoms with Crippen molar-refractivity contribution in [3.63, 3.8) is 0 Å². The number of hydrogen-bond donors (Lipinski definition) is 0. The van der Waals surface area contributed by atoms with E-state index in [9.17, 15) is 0 Å². The van der Waals surface area contributed by atoms with Gasteiger partial charge in [0.15, 0.2) is 0 Å². The van der Waals surface area contributed by atoms with E-state index in [0.717, 1.165) is 32.3 Å². The van der Waals surface area contributed by atoms with Gasteiger partial charge in [-0.05, 0) is 12.8 Å². The zero-order valence-electron chi connectivity index (χ0n) is 7.45. The molecule has 2 fully saturated rings. The SMILES string of the molecule is ISOC1CC(N2CCOCC2)C1. The molecule has 0 spiro atoms. The van der Waals surface area contributed by atoms with Crippen LogP contribution in [0, 0.1) is 0 Å². The molecule has 0 amide bonds. The Morgan fingerprint density at radius 2 is 2.00 bits per heavy atom. The van der Waals surface area contributed by atoms with E-state index in [1.165, 1.54) is 22.1 Å². The van der Waals surface area contributed by atoms with Crippen LogP contribution in [-0.4, -0.2) is 43.3 Å². The smallest absolute Gasteiger partial charge is 0.0761 e.